The highest BCUT2D eigenvalue weighted by atomic mass is 19.1. The van der Waals surface area contributed by atoms with E-state index in [-0.39, 0.29) is 29.4 Å². The van der Waals surface area contributed by atoms with Gasteiger partial charge in [-0.05, 0) is 43.2 Å². The van der Waals surface area contributed by atoms with Gasteiger partial charge in [-0.15, -0.1) is 5.10 Å². The number of rotatable bonds is 5. The fraction of sp³-hybridized carbons (Fsp3) is 0.250. The molecule has 0 spiro atoms. The van der Waals surface area contributed by atoms with Crippen molar-refractivity contribution < 1.29 is 13.9 Å². The van der Waals surface area contributed by atoms with Gasteiger partial charge in [-0.3, -0.25) is 4.79 Å². The number of hydrogen-bond acceptors (Lipinski definition) is 4. The molecule has 27 heavy (non-hydrogen) atoms. The van der Waals surface area contributed by atoms with Crippen LogP contribution in [0.2, 0.25) is 0 Å². The van der Waals surface area contributed by atoms with Crippen molar-refractivity contribution in [2.24, 2.45) is 0 Å². The number of amides is 1. The third-order valence-corrected chi connectivity index (χ3v) is 4.79. The van der Waals surface area contributed by atoms with Gasteiger partial charge in [0, 0.05) is 18.0 Å². The van der Waals surface area contributed by atoms with Gasteiger partial charge in [-0.25, -0.2) is 9.07 Å². The molecule has 1 heterocycles. The Hall–Kier alpha value is -3.22. The van der Waals surface area contributed by atoms with E-state index >= 15 is 0 Å². The Balaban J connectivity index is 1.48. The first-order chi connectivity index (χ1) is 13.1. The summed E-state index contributed by atoms with van der Waals surface area (Å²) in [7, 11) is 1.59. The first-order valence-corrected chi connectivity index (χ1v) is 8.70. The summed E-state index contributed by atoms with van der Waals surface area (Å²) in [5, 5.41) is 11.1. The highest BCUT2D eigenvalue weighted by Gasteiger charge is 2.40. The van der Waals surface area contributed by atoms with Crippen molar-refractivity contribution in [3.8, 4) is 11.4 Å². The van der Waals surface area contributed by atoms with Crippen molar-refractivity contribution in [1.82, 2.24) is 20.3 Å². The van der Waals surface area contributed by atoms with E-state index in [1.165, 1.54) is 12.1 Å². The van der Waals surface area contributed by atoms with Crippen LogP contribution in [0.1, 0.15) is 34.1 Å². The molecule has 2 aromatic carbocycles. The number of hydrogen-bond donors (Lipinski definition) is 1. The van der Waals surface area contributed by atoms with Crippen LogP contribution in [0.5, 0.6) is 5.75 Å². The van der Waals surface area contributed by atoms with Crippen molar-refractivity contribution in [3.63, 3.8) is 0 Å². The van der Waals surface area contributed by atoms with Crippen molar-refractivity contribution in [3.05, 3.63) is 71.3 Å². The Kier molecular flexibility index (Phi) is 4.35. The molecule has 1 aliphatic rings. The molecule has 4 rings (SSSR count). The molecular weight excluding hydrogens is 347 g/mol. The van der Waals surface area contributed by atoms with Crippen LogP contribution in [0.15, 0.2) is 48.5 Å². The second-order valence-electron chi connectivity index (χ2n) is 6.61. The van der Waals surface area contributed by atoms with E-state index in [1.807, 2.05) is 30.3 Å². The molecule has 0 bridgehead atoms. The topological polar surface area (TPSA) is 69.0 Å². The smallest absolute Gasteiger partial charge is 0.274 e. The number of carbonyl (C=O) groups is 1. The highest BCUT2D eigenvalue weighted by Crippen LogP contribution is 2.41. The van der Waals surface area contributed by atoms with Crippen LogP contribution in [-0.2, 0) is 0 Å². The molecule has 7 heteroatoms. The molecule has 1 amide bonds. The van der Waals surface area contributed by atoms with Gasteiger partial charge in [0.15, 0.2) is 5.69 Å². The lowest BCUT2D eigenvalue weighted by molar-refractivity contribution is 0.0944. The fourth-order valence-corrected chi connectivity index (χ4v) is 3.22. The van der Waals surface area contributed by atoms with Gasteiger partial charge in [-0.1, -0.05) is 23.4 Å². The summed E-state index contributed by atoms with van der Waals surface area (Å²) in [5.74, 6) is 0.301. The Morgan fingerprint density at radius 3 is 2.85 bits per heavy atom. The van der Waals surface area contributed by atoms with Gasteiger partial charge >= 0.3 is 0 Å². The number of carbonyl (C=O) groups excluding carboxylic acids is 1. The van der Waals surface area contributed by atoms with Crippen molar-refractivity contribution >= 4 is 5.91 Å². The number of ether oxygens (including phenoxy) is 1. The van der Waals surface area contributed by atoms with E-state index in [1.54, 1.807) is 24.8 Å². The summed E-state index contributed by atoms with van der Waals surface area (Å²) in [5.41, 5.74) is 2.59. The van der Waals surface area contributed by atoms with Crippen LogP contribution < -0.4 is 10.1 Å². The Morgan fingerprint density at radius 1 is 1.26 bits per heavy atom. The SMILES string of the molecule is COc1cccc(-n2nnc(C(=O)N[C@H]3C[C@@H]3c3cccc(F)c3)c2C)c1. The quantitative estimate of drug-likeness (QED) is 0.754. The molecular formula is C20H19FN4O2. The predicted octanol–water partition coefficient (Wildman–Crippen LogP) is 3.01. The van der Waals surface area contributed by atoms with E-state index in [4.69, 9.17) is 4.74 Å². The van der Waals surface area contributed by atoms with E-state index < -0.39 is 0 Å². The summed E-state index contributed by atoms with van der Waals surface area (Å²) in [6, 6.07) is 13.9. The van der Waals surface area contributed by atoms with E-state index in [0.717, 1.165) is 17.7 Å². The number of benzene rings is 2. The van der Waals surface area contributed by atoms with Gasteiger partial charge in [0.1, 0.15) is 11.6 Å². The fourth-order valence-electron chi connectivity index (χ4n) is 3.22. The molecule has 0 saturated heterocycles. The number of nitrogens with zero attached hydrogens (tertiary/aromatic N) is 3. The Bertz CT molecular complexity index is 1000. The minimum Gasteiger partial charge on any atom is -0.497 e. The maximum atomic E-state index is 13.4. The minimum atomic E-state index is -0.273. The third kappa shape index (κ3) is 3.40. The normalized spacial score (nSPS) is 18.2. The molecule has 0 aliphatic heterocycles. The second kappa shape index (κ2) is 6.83. The summed E-state index contributed by atoms with van der Waals surface area (Å²) in [6.45, 7) is 1.80. The zero-order valence-corrected chi connectivity index (χ0v) is 15.0. The number of nitrogens with one attached hydrogen (secondary N) is 1. The average Bonchev–Trinajstić information content (AvgIpc) is 3.33. The monoisotopic (exact) mass is 366 g/mol. The summed E-state index contributed by atoms with van der Waals surface area (Å²) in [4.78, 5) is 12.6. The lowest BCUT2D eigenvalue weighted by Crippen LogP contribution is -2.27. The Labute approximate surface area is 156 Å². The maximum Gasteiger partial charge on any atom is 0.274 e. The van der Waals surface area contributed by atoms with Crippen molar-refractivity contribution in [1.29, 1.82) is 0 Å². The zero-order valence-electron chi connectivity index (χ0n) is 15.0. The standard InChI is InChI=1S/C20H19FN4O2/c1-12-19(23-24-25(12)15-7-4-8-16(10-15)27-2)20(26)22-18-11-17(18)13-5-3-6-14(21)9-13/h3-10,17-18H,11H2,1-2H3,(H,22,26)/t17-,18+/m1/s1. The van der Waals surface area contributed by atoms with Crippen molar-refractivity contribution in [2.45, 2.75) is 25.3 Å². The molecule has 138 valence electrons. The molecule has 6 nitrogen and oxygen atoms in total. The van der Waals surface area contributed by atoms with E-state index in [2.05, 4.69) is 15.6 Å². The maximum absolute atomic E-state index is 13.4. The molecule has 3 aromatic rings. The minimum absolute atomic E-state index is 0.0133. The van der Waals surface area contributed by atoms with Gasteiger partial charge in [0.25, 0.3) is 5.91 Å². The molecule has 2 atom stereocenters. The van der Waals surface area contributed by atoms with Gasteiger partial charge < -0.3 is 10.1 Å². The summed E-state index contributed by atoms with van der Waals surface area (Å²) < 4.78 is 20.2. The lowest BCUT2D eigenvalue weighted by atomic mass is 10.1. The van der Waals surface area contributed by atoms with Crippen LogP contribution in [0.3, 0.4) is 0 Å². The average molecular weight is 366 g/mol. The van der Waals surface area contributed by atoms with E-state index in [0.29, 0.717) is 11.4 Å². The van der Waals surface area contributed by atoms with Crippen LogP contribution >= 0.6 is 0 Å². The second-order valence-corrected chi connectivity index (χ2v) is 6.61. The van der Waals surface area contributed by atoms with Gasteiger partial charge in [0.2, 0.25) is 0 Å². The number of aromatic nitrogens is 3. The van der Waals surface area contributed by atoms with Crippen LogP contribution in [0, 0.1) is 12.7 Å². The molecule has 0 unspecified atom stereocenters. The van der Waals surface area contributed by atoms with E-state index in [9.17, 15) is 9.18 Å². The van der Waals surface area contributed by atoms with Crippen LogP contribution in [-0.4, -0.2) is 34.1 Å². The number of methoxy groups -OCH3 is 1. The summed E-state index contributed by atoms with van der Waals surface area (Å²) in [6.07, 6.45) is 0.790. The number of halogens is 1. The van der Waals surface area contributed by atoms with Crippen LogP contribution in [0.4, 0.5) is 4.39 Å². The lowest BCUT2D eigenvalue weighted by Gasteiger charge is -2.06. The first-order valence-electron chi connectivity index (χ1n) is 8.70. The first kappa shape index (κ1) is 17.2. The Morgan fingerprint density at radius 2 is 2.07 bits per heavy atom. The van der Waals surface area contributed by atoms with Gasteiger partial charge in [0.05, 0.1) is 18.5 Å². The van der Waals surface area contributed by atoms with Crippen molar-refractivity contribution in [2.75, 3.05) is 7.11 Å². The van der Waals surface area contributed by atoms with Crippen LogP contribution in [0.25, 0.3) is 5.69 Å². The molecule has 1 N–H and O–H groups in total. The molecule has 0 radical (unpaired) electrons. The molecule has 1 saturated carbocycles. The predicted molar refractivity (Wildman–Crippen MR) is 97.7 cm³/mol. The van der Waals surface area contributed by atoms with Gasteiger partial charge in [-0.2, -0.15) is 0 Å². The molecule has 1 fully saturated rings. The molecule has 1 aliphatic carbocycles. The largest absolute Gasteiger partial charge is 0.497 e. The highest BCUT2D eigenvalue weighted by molar-refractivity contribution is 5.93. The molecule has 1 aromatic heterocycles. The third-order valence-electron chi connectivity index (χ3n) is 4.79. The summed E-state index contributed by atoms with van der Waals surface area (Å²) >= 11 is 0. The zero-order chi connectivity index (χ0) is 19.0.